The number of para-hydroxylation sites is 2. The Balaban J connectivity index is 1.96. The summed E-state index contributed by atoms with van der Waals surface area (Å²) in [5.74, 6) is 0.255. The molecule has 0 aromatic heterocycles. The van der Waals surface area contributed by atoms with Gasteiger partial charge in [-0.1, -0.05) is 30.3 Å². The van der Waals surface area contributed by atoms with Gasteiger partial charge in [-0.25, -0.2) is 9.18 Å². The van der Waals surface area contributed by atoms with Gasteiger partial charge in [0.25, 0.3) is 0 Å². The fourth-order valence-corrected chi connectivity index (χ4v) is 1.91. The van der Waals surface area contributed by atoms with Crippen molar-refractivity contribution in [3.05, 3.63) is 59.9 Å². The van der Waals surface area contributed by atoms with Crippen LogP contribution in [0.5, 0.6) is 5.75 Å². The molecule has 2 aromatic rings. The van der Waals surface area contributed by atoms with Crippen LogP contribution in [0, 0.1) is 5.82 Å². The summed E-state index contributed by atoms with van der Waals surface area (Å²) in [6.07, 6.45) is 0.00410. The Hall–Kier alpha value is -2.56. The molecule has 0 fully saturated rings. The van der Waals surface area contributed by atoms with E-state index in [0.717, 1.165) is 0 Å². The first kappa shape index (κ1) is 15.8. The maximum atomic E-state index is 13.5. The van der Waals surface area contributed by atoms with Gasteiger partial charge in [-0.05, 0) is 32.0 Å². The number of urea groups is 1. The third kappa shape index (κ3) is 4.48. The molecule has 2 N–H and O–H groups in total. The van der Waals surface area contributed by atoms with Crippen LogP contribution in [0.2, 0.25) is 0 Å². The van der Waals surface area contributed by atoms with Crippen molar-refractivity contribution >= 4 is 11.7 Å². The third-order valence-corrected chi connectivity index (χ3v) is 2.90. The minimum absolute atomic E-state index is 0.00410. The van der Waals surface area contributed by atoms with Crippen molar-refractivity contribution < 1.29 is 13.9 Å². The van der Waals surface area contributed by atoms with E-state index in [1.165, 1.54) is 6.07 Å². The zero-order valence-electron chi connectivity index (χ0n) is 12.6. The van der Waals surface area contributed by atoms with Crippen molar-refractivity contribution in [1.29, 1.82) is 0 Å². The predicted molar refractivity (Wildman–Crippen MR) is 84.5 cm³/mol. The van der Waals surface area contributed by atoms with Crippen LogP contribution in [-0.2, 0) is 6.54 Å². The maximum absolute atomic E-state index is 13.5. The Morgan fingerprint density at radius 1 is 1.14 bits per heavy atom. The van der Waals surface area contributed by atoms with Crippen LogP contribution in [0.3, 0.4) is 0 Å². The second-order valence-electron chi connectivity index (χ2n) is 5.06. The smallest absolute Gasteiger partial charge is 0.319 e. The van der Waals surface area contributed by atoms with Crippen LogP contribution >= 0.6 is 0 Å². The van der Waals surface area contributed by atoms with Crippen LogP contribution in [0.25, 0.3) is 0 Å². The molecule has 116 valence electrons. The molecule has 0 unspecified atom stereocenters. The largest absolute Gasteiger partial charge is 0.489 e. The number of carbonyl (C=O) groups is 1. The SMILES string of the molecule is CC(C)Oc1ccccc1NC(=O)NCc1ccccc1F. The molecule has 0 heterocycles. The first-order valence-electron chi connectivity index (χ1n) is 7.10. The molecule has 4 nitrogen and oxygen atoms in total. The molecular weight excluding hydrogens is 283 g/mol. The fourth-order valence-electron chi connectivity index (χ4n) is 1.91. The van der Waals surface area contributed by atoms with Crippen LogP contribution in [-0.4, -0.2) is 12.1 Å². The molecule has 0 radical (unpaired) electrons. The summed E-state index contributed by atoms with van der Waals surface area (Å²) in [6, 6.07) is 13.1. The summed E-state index contributed by atoms with van der Waals surface area (Å²) in [6.45, 7) is 3.94. The van der Waals surface area contributed by atoms with E-state index in [4.69, 9.17) is 4.74 Å². The molecule has 0 saturated heterocycles. The van der Waals surface area contributed by atoms with E-state index >= 15 is 0 Å². The van der Waals surface area contributed by atoms with Gasteiger partial charge in [0.15, 0.2) is 0 Å². The molecule has 22 heavy (non-hydrogen) atoms. The Bertz CT molecular complexity index is 644. The molecule has 0 aliphatic rings. The van der Waals surface area contributed by atoms with Gasteiger partial charge in [0.2, 0.25) is 0 Å². The zero-order valence-corrected chi connectivity index (χ0v) is 12.6. The first-order chi connectivity index (χ1) is 10.6. The fraction of sp³-hybridized carbons (Fsp3) is 0.235. The van der Waals surface area contributed by atoms with E-state index < -0.39 is 6.03 Å². The Morgan fingerprint density at radius 2 is 1.82 bits per heavy atom. The van der Waals surface area contributed by atoms with Crippen LogP contribution in [0.15, 0.2) is 48.5 Å². The molecule has 2 amide bonds. The van der Waals surface area contributed by atoms with E-state index in [0.29, 0.717) is 17.0 Å². The summed E-state index contributed by atoms with van der Waals surface area (Å²) < 4.78 is 19.1. The normalized spacial score (nSPS) is 10.4. The molecule has 0 atom stereocenters. The summed E-state index contributed by atoms with van der Waals surface area (Å²) in [5.41, 5.74) is 1.01. The standard InChI is InChI=1S/C17H19FN2O2/c1-12(2)22-16-10-6-5-9-15(16)20-17(21)19-11-13-7-3-4-8-14(13)18/h3-10,12H,11H2,1-2H3,(H2,19,20,21). The number of hydrogen-bond acceptors (Lipinski definition) is 2. The zero-order chi connectivity index (χ0) is 15.9. The lowest BCUT2D eigenvalue weighted by Crippen LogP contribution is -2.28. The molecule has 5 heteroatoms. The first-order valence-corrected chi connectivity index (χ1v) is 7.10. The Kier molecular flexibility index (Phi) is 5.36. The van der Waals surface area contributed by atoms with Gasteiger partial charge in [-0.3, -0.25) is 0 Å². The number of hydrogen-bond donors (Lipinski definition) is 2. The lowest BCUT2D eigenvalue weighted by atomic mass is 10.2. The topological polar surface area (TPSA) is 50.4 Å². The predicted octanol–water partition coefficient (Wildman–Crippen LogP) is 3.93. The number of nitrogens with one attached hydrogen (secondary N) is 2. The molecule has 0 spiro atoms. The highest BCUT2D eigenvalue weighted by molar-refractivity contribution is 5.90. The average Bonchev–Trinajstić information content (AvgIpc) is 2.48. The average molecular weight is 302 g/mol. The molecule has 0 bridgehead atoms. The second kappa shape index (κ2) is 7.45. The van der Waals surface area contributed by atoms with Gasteiger partial charge in [0.1, 0.15) is 11.6 Å². The summed E-state index contributed by atoms with van der Waals surface area (Å²) in [4.78, 5) is 11.9. The Morgan fingerprint density at radius 3 is 2.55 bits per heavy atom. The highest BCUT2D eigenvalue weighted by atomic mass is 19.1. The molecule has 0 aliphatic heterocycles. The van der Waals surface area contributed by atoms with Gasteiger partial charge in [0, 0.05) is 12.1 Å². The van der Waals surface area contributed by atoms with Crippen molar-refractivity contribution in [3.8, 4) is 5.75 Å². The number of amides is 2. The second-order valence-corrected chi connectivity index (χ2v) is 5.06. The van der Waals surface area contributed by atoms with Crippen LogP contribution in [0.4, 0.5) is 14.9 Å². The quantitative estimate of drug-likeness (QED) is 0.879. The molecule has 2 rings (SSSR count). The van der Waals surface area contributed by atoms with Crippen LogP contribution < -0.4 is 15.4 Å². The molecular formula is C17H19FN2O2. The number of halogens is 1. The number of rotatable bonds is 5. The van der Waals surface area contributed by atoms with Gasteiger partial charge in [0.05, 0.1) is 11.8 Å². The number of anilines is 1. The Labute approximate surface area is 129 Å². The minimum Gasteiger partial charge on any atom is -0.489 e. The lowest BCUT2D eigenvalue weighted by Gasteiger charge is -2.15. The highest BCUT2D eigenvalue weighted by Crippen LogP contribution is 2.24. The van der Waals surface area contributed by atoms with Gasteiger partial charge >= 0.3 is 6.03 Å². The molecule has 0 aliphatic carbocycles. The van der Waals surface area contributed by atoms with Gasteiger partial charge in [-0.15, -0.1) is 0 Å². The molecule has 2 aromatic carbocycles. The molecule has 0 saturated carbocycles. The van der Waals surface area contributed by atoms with Gasteiger partial charge in [-0.2, -0.15) is 0 Å². The van der Waals surface area contributed by atoms with Crippen molar-refractivity contribution in [2.45, 2.75) is 26.5 Å². The third-order valence-electron chi connectivity index (χ3n) is 2.90. The van der Waals surface area contributed by atoms with Crippen LogP contribution in [0.1, 0.15) is 19.4 Å². The number of ether oxygens (including phenoxy) is 1. The van der Waals surface area contributed by atoms with E-state index in [9.17, 15) is 9.18 Å². The number of carbonyl (C=O) groups excluding carboxylic acids is 1. The number of benzene rings is 2. The van der Waals surface area contributed by atoms with E-state index in [2.05, 4.69) is 10.6 Å². The van der Waals surface area contributed by atoms with Crippen molar-refractivity contribution in [2.75, 3.05) is 5.32 Å². The summed E-state index contributed by atoms with van der Waals surface area (Å²) in [5, 5.41) is 5.33. The van der Waals surface area contributed by atoms with Crippen molar-refractivity contribution in [1.82, 2.24) is 5.32 Å². The highest BCUT2D eigenvalue weighted by Gasteiger charge is 2.09. The van der Waals surface area contributed by atoms with E-state index in [1.807, 2.05) is 19.9 Å². The minimum atomic E-state index is -0.414. The maximum Gasteiger partial charge on any atom is 0.319 e. The van der Waals surface area contributed by atoms with Gasteiger partial charge < -0.3 is 15.4 Å². The van der Waals surface area contributed by atoms with E-state index in [-0.39, 0.29) is 18.5 Å². The monoisotopic (exact) mass is 302 g/mol. The van der Waals surface area contributed by atoms with Crippen molar-refractivity contribution in [2.24, 2.45) is 0 Å². The van der Waals surface area contributed by atoms with Crippen molar-refractivity contribution in [3.63, 3.8) is 0 Å². The van der Waals surface area contributed by atoms with E-state index in [1.54, 1.807) is 36.4 Å². The summed E-state index contributed by atoms with van der Waals surface area (Å²) >= 11 is 0. The summed E-state index contributed by atoms with van der Waals surface area (Å²) in [7, 11) is 0. The lowest BCUT2D eigenvalue weighted by molar-refractivity contribution is 0.241.